The normalized spacial score (nSPS) is 12.7. The number of amides is 1. The first kappa shape index (κ1) is 16.3. The Morgan fingerprint density at radius 2 is 1.80 bits per heavy atom. The van der Waals surface area contributed by atoms with Crippen LogP contribution in [0.5, 0.6) is 5.75 Å². The van der Waals surface area contributed by atoms with E-state index in [4.69, 9.17) is 21.4 Å². The average Bonchev–Trinajstić information content (AvgIpc) is 2.38. The van der Waals surface area contributed by atoms with Gasteiger partial charge in [-0.15, -0.1) is 0 Å². The molecule has 0 spiro atoms. The van der Waals surface area contributed by atoms with Gasteiger partial charge in [0.2, 0.25) is 0 Å². The number of hydrogen-bond acceptors (Lipinski definition) is 3. The SMILES string of the molecule is CC(C(=O)O)N(C)C(=O)C(C)(C)Oc1ccc(Cl)cc1. The summed E-state index contributed by atoms with van der Waals surface area (Å²) in [5.41, 5.74) is -1.17. The summed E-state index contributed by atoms with van der Waals surface area (Å²) in [6.07, 6.45) is 0. The van der Waals surface area contributed by atoms with Crippen LogP contribution >= 0.6 is 11.6 Å². The van der Waals surface area contributed by atoms with Gasteiger partial charge >= 0.3 is 5.97 Å². The molecule has 1 aromatic carbocycles. The maximum absolute atomic E-state index is 12.3. The monoisotopic (exact) mass is 299 g/mol. The number of carboxylic acids is 1. The van der Waals surface area contributed by atoms with Crippen molar-refractivity contribution in [1.29, 1.82) is 0 Å². The molecule has 0 heterocycles. The highest BCUT2D eigenvalue weighted by Gasteiger charge is 2.36. The quantitative estimate of drug-likeness (QED) is 0.907. The molecule has 1 atom stereocenters. The maximum Gasteiger partial charge on any atom is 0.326 e. The second-order valence-electron chi connectivity index (χ2n) is 5.00. The third-order valence-electron chi connectivity index (χ3n) is 2.96. The Morgan fingerprint density at radius 1 is 1.30 bits per heavy atom. The van der Waals surface area contributed by atoms with Crippen LogP contribution < -0.4 is 4.74 Å². The number of carbonyl (C=O) groups is 2. The Balaban J connectivity index is 2.84. The maximum atomic E-state index is 12.3. The molecule has 0 saturated carbocycles. The van der Waals surface area contributed by atoms with Gasteiger partial charge in [0.05, 0.1) is 0 Å². The molecule has 6 heteroatoms. The number of carbonyl (C=O) groups excluding carboxylic acids is 1. The molecular weight excluding hydrogens is 282 g/mol. The lowest BCUT2D eigenvalue weighted by Gasteiger charge is -2.32. The number of carboxylic acid groups (broad SMARTS) is 1. The fourth-order valence-corrected chi connectivity index (χ4v) is 1.73. The van der Waals surface area contributed by atoms with Gasteiger partial charge in [-0.1, -0.05) is 11.6 Å². The molecular formula is C14H18ClNO4. The first-order valence-corrected chi connectivity index (χ1v) is 6.47. The molecule has 1 amide bonds. The predicted octanol–water partition coefficient (Wildman–Crippen LogP) is 2.43. The molecule has 0 bridgehead atoms. The van der Waals surface area contributed by atoms with Gasteiger partial charge in [-0.3, -0.25) is 4.79 Å². The van der Waals surface area contributed by atoms with Crippen molar-refractivity contribution >= 4 is 23.5 Å². The van der Waals surface area contributed by atoms with E-state index in [1.807, 2.05) is 0 Å². The highest BCUT2D eigenvalue weighted by atomic mass is 35.5. The minimum absolute atomic E-state index is 0.414. The second kappa shape index (κ2) is 6.13. The Kier molecular flexibility index (Phi) is 5.00. The van der Waals surface area contributed by atoms with Crippen molar-refractivity contribution in [2.24, 2.45) is 0 Å². The molecule has 0 aliphatic rings. The van der Waals surface area contributed by atoms with Gasteiger partial charge in [-0.05, 0) is 45.0 Å². The van der Waals surface area contributed by atoms with Crippen LogP contribution in [0.2, 0.25) is 5.02 Å². The molecule has 1 unspecified atom stereocenters. The summed E-state index contributed by atoms with van der Waals surface area (Å²) in [4.78, 5) is 24.4. The third-order valence-corrected chi connectivity index (χ3v) is 3.21. The zero-order valence-corrected chi connectivity index (χ0v) is 12.6. The van der Waals surface area contributed by atoms with Crippen molar-refractivity contribution in [1.82, 2.24) is 4.90 Å². The van der Waals surface area contributed by atoms with Crippen LogP contribution in [0.4, 0.5) is 0 Å². The van der Waals surface area contributed by atoms with Crippen molar-refractivity contribution in [3.05, 3.63) is 29.3 Å². The molecule has 0 aliphatic heterocycles. The molecule has 20 heavy (non-hydrogen) atoms. The van der Waals surface area contributed by atoms with Crippen LogP contribution in [0, 0.1) is 0 Å². The van der Waals surface area contributed by atoms with E-state index >= 15 is 0 Å². The summed E-state index contributed by atoms with van der Waals surface area (Å²) in [7, 11) is 1.44. The lowest BCUT2D eigenvalue weighted by molar-refractivity contribution is -0.154. The number of benzene rings is 1. The Labute approximate surface area is 123 Å². The number of rotatable bonds is 5. The predicted molar refractivity (Wildman–Crippen MR) is 76.0 cm³/mol. The minimum atomic E-state index is -1.17. The van der Waals surface area contributed by atoms with Crippen molar-refractivity contribution in [2.45, 2.75) is 32.4 Å². The van der Waals surface area contributed by atoms with Crippen molar-refractivity contribution < 1.29 is 19.4 Å². The van der Waals surface area contributed by atoms with Gasteiger partial charge in [-0.2, -0.15) is 0 Å². The van der Waals surface area contributed by atoms with E-state index in [1.54, 1.807) is 38.1 Å². The highest BCUT2D eigenvalue weighted by molar-refractivity contribution is 6.30. The van der Waals surface area contributed by atoms with Crippen molar-refractivity contribution in [3.63, 3.8) is 0 Å². The molecule has 0 aromatic heterocycles. The van der Waals surface area contributed by atoms with Gasteiger partial charge in [0.15, 0.2) is 5.60 Å². The lowest BCUT2D eigenvalue weighted by atomic mass is 10.1. The fourth-order valence-electron chi connectivity index (χ4n) is 1.61. The third kappa shape index (κ3) is 3.87. The topological polar surface area (TPSA) is 66.8 Å². The molecule has 110 valence electrons. The van der Waals surface area contributed by atoms with Gasteiger partial charge in [-0.25, -0.2) is 4.79 Å². The van der Waals surface area contributed by atoms with Crippen molar-refractivity contribution in [3.8, 4) is 5.75 Å². The standard InChI is InChI=1S/C14H18ClNO4/c1-9(12(17)18)16(4)13(19)14(2,3)20-11-7-5-10(15)6-8-11/h5-9H,1-4H3,(H,17,18). The van der Waals surface area contributed by atoms with Gasteiger partial charge in [0.25, 0.3) is 5.91 Å². The Morgan fingerprint density at radius 3 is 2.25 bits per heavy atom. The molecule has 5 nitrogen and oxygen atoms in total. The summed E-state index contributed by atoms with van der Waals surface area (Å²) < 4.78 is 5.63. The number of halogens is 1. The van der Waals surface area contributed by atoms with E-state index < -0.39 is 23.5 Å². The van der Waals surface area contributed by atoms with E-state index in [-0.39, 0.29) is 0 Å². The zero-order valence-electron chi connectivity index (χ0n) is 11.9. The van der Waals surface area contributed by atoms with Crippen molar-refractivity contribution in [2.75, 3.05) is 7.05 Å². The van der Waals surface area contributed by atoms with E-state index in [0.29, 0.717) is 10.8 Å². The average molecular weight is 300 g/mol. The zero-order chi connectivity index (χ0) is 15.5. The van der Waals surface area contributed by atoms with Gasteiger partial charge < -0.3 is 14.7 Å². The number of nitrogens with zero attached hydrogens (tertiary/aromatic N) is 1. The molecule has 0 aliphatic carbocycles. The van der Waals surface area contributed by atoms with Crippen LogP contribution in [-0.4, -0.2) is 40.6 Å². The fraction of sp³-hybridized carbons (Fsp3) is 0.429. The smallest absolute Gasteiger partial charge is 0.326 e. The molecule has 0 radical (unpaired) electrons. The van der Waals surface area contributed by atoms with E-state index in [0.717, 1.165) is 4.90 Å². The summed E-state index contributed by atoms with van der Waals surface area (Å²) in [5, 5.41) is 9.51. The van der Waals surface area contributed by atoms with Crippen LogP contribution in [-0.2, 0) is 9.59 Å². The van der Waals surface area contributed by atoms with Crippen LogP contribution in [0.25, 0.3) is 0 Å². The number of hydrogen-bond donors (Lipinski definition) is 1. The molecule has 1 aromatic rings. The van der Waals surface area contributed by atoms with Crippen LogP contribution in [0.1, 0.15) is 20.8 Å². The first-order chi connectivity index (χ1) is 9.15. The van der Waals surface area contributed by atoms with E-state index in [2.05, 4.69) is 0 Å². The summed E-state index contributed by atoms with van der Waals surface area (Å²) >= 11 is 5.78. The second-order valence-corrected chi connectivity index (χ2v) is 5.43. The van der Waals surface area contributed by atoms with Gasteiger partial charge in [0, 0.05) is 12.1 Å². The number of ether oxygens (including phenoxy) is 1. The van der Waals surface area contributed by atoms with E-state index in [9.17, 15) is 9.59 Å². The van der Waals surface area contributed by atoms with E-state index in [1.165, 1.54) is 14.0 Å². The Hall–Kier alpha value is -1.75. The number of likely N-dealkylation sites (N-methyl/N-ethyl adjacent to an activating group) is 1. The lowest BCUT2D eigenvalue weighted by Crippen LogP contribution is -2.52. The minimum Gasteiger partial charge on any atom is -0.480 e. The highest BCUT2D eigenvalue weighted by Crippen LogP contribution is 2.22. The van der Waals surface area contributed by atoms with Crippen LogP contribution in [0.15, 0.2) is 24.3 Å². The molecule has 1 N–H and O–H groups in total. The summed E-state index contributed by atoms with van der Waals surface area (Å²) in [6, 6.07) is 5.69. The Bertz CT molecular complexity index is 498. The number of aliphatic carboxylic acids is 1. The molecule has 1 rings (SSSR count). The molecule has 0 fully saturated rings. The summed E-state index contributed by atoms with van der Waals surface area (Å²) in [5.74, 6) is -0.991. The first-order valence-electron chi connectivity index (χ1n) is 6.10. The summed E-state index contributed by atoms with van der Waals surface area (Å²) in [6.45, 7) is 4.63. The van der Waals surface area contributed by atoms with Crippen LogP contribution in [0.3, 0.4) is 0 Å². The largest absolute Gasteiger partial charge is 0.480 e. The molecule has 0 saturated heterocycles. The van der Waals surface area contributed by atoms with Gasteiger partial charge in [0.1, 0.15) is 11.8 Å².